The largest absolute Gasteiger partial charge is 0.379 e. The van der Waals surface area contributed by atoms with Gasteiger partial charge < -0.3 is 15.8 Å². The van der Waals surface area contributed by atoms with E-state index >= 15 is 0 Å². The zero-order chi connectivity index (χ0) is 12.9. The van der Waals surface area contributed by atoms with Crippen molar-refractivity contribution in [1.82, 2.24) is 5.32 Å². The highest BCUT2D eigenvalue weighted by atomic mass is 16.5. The lowest BCUT2D eigenvalue weighted by Gasteiger charge is -2.44. The zero-order valence-electron chi connectivity index (χ0n) is 11.3. The molecule has 1 aliphatic carbocycles. The van der Waals surface area contributed by atoms with Gasteiger partial charge in [-0.15, -0.1) is 0 Å². The van der Waals surface area contributed by atoms with E-state index in [1.54, 1.807) is 0 Å². The van der Waals surface area contributed by atoms with Gasteiger partial charge >= 0.3 is 0 Å². The molecular weight excluding hydrogens is 216 g/mol. The van der Waals surface area contributed by atoms with E-state index in [2.05, 4.69) is 26.1 Å². The van der Waals surface area contributed by atoms with Crippen LogP contribution in [0, 0.1) is 17.3 Å². The van der Waals surface area contributed by atoms with Crippen molar-refractivity contribution in [2.45, 2.75) is 33.6 Å². The summed E-state index contributed by atoms with van der Waals surface area (Å²) in [5, 5.41) is 2.93. The first-order valence-electron chi connectivity index (χ1n) is 6.56. The van der Waals surface area contributed by atoms with Crippen LogP contribution < -0.4 is 11.1 Å². The van der Waals surface area contributed by atoms with Crippen molar-refractivity contribution in [3.63, 3.8) is 0 Å². The lowest BCUT2D eigenvalue weighted by atomic mass is 9.62. The van der Waals surface area contributed by atoms with Crippen LogP contribution in [0.25, 0.3) is 0 Å². The van der Waals surface area contributed by atoms with Crippen LogP contribution >= 0.6 is 0 Å². The average molecular weight is 242 g/mol. The predicted molar refractivity (Wildman–Crippen MR) is 68.6 cm³/mol. The minimum atomic E-state index is -0.294. The molecule has 0 unspecified atom stereocenters. The molecule has 0 aromatic heterocycles. The lowest BCUT2D eigenvalue weighted by molar-refractivity contribution is -0.138. The van der Waals surface area contributed by atoms with Crippen molar-refractivity contribution in [3.8, 4) is 0 Å². The summed E-state index contributed by atoms with van der Waals surface area (Å²) in [6.07, 6.45) is 1.84. The fourth-order valence-electron chi connectivity index (χ4n) is 2.46. The Balaban J connectivity index is 2.16. The number of hydrogen-bond donors (Lipinski definition) is 2. The quantitative estimate of drug-likeness (QED) is 0.658. The molecule has 3 N–H and O–H groups in total. The van der Waals surface area contributed by atoms with Gasteiger partial charge in [0.25, 0.3) is 0 Å². The molecule has 0 aromatic rings. The van der Waals surface area contributed by atoms with Gasteiger partial charge in [-0.3, -0.25) is 4.79 Å². The van der Waals surface area contributed by atoms with Gasteiger partial charge in [-0.05, 0) is 24.7 Å². The molecule has 1 fully saturated rings. The van der Waals surface area contributed by atoms with Gasteiger partial charge in [0.1, 0.15) is 0 Å². The molecule has 1 saturated carbocycles. The van der Waals surface area contributed by atoms with Crippen LogP contribution in [0.1, 0.15) is 33.6 Å². The van der Waals surface area contributed by atoms with Crippen LogP contribution in [0.2, 0.25) is 0 Å². The normalized spacial score (nSPS) is 27.9. The SMILES string of the molecule is CC(C)COCCNC(=O)C1(CN)CC(C)C1. The van der Waals surface area contributed by atoms with E-state index in [0.717, 1.165) is 19.4 Å². The molecule has 0 spiro atoms. The number of nitrogens with one attached hydrogen (secondary N) is 1. The molecule has 0 aliphatic heterocycles. The number of hydrogen-bond acceptors (Lipinski definition) is 3. The summed E-state index contributed by atoms with van der Waals surface area (Å²) in [5.41, 5.74) is 5.42. The van der Waals surface area contributed by atoms with E-state index in [0.29, 0.717) is 31.5 Å². The number of nitrogens with two attached hydrogens (primary N) is 1. The molecular formula is C13H26N2O2. The number of amides is 1. The standard InChI is InChI=1S/C13H26N2O2/c1-10(2)8-17-5-4-15-12(16)13(9-14)6-11(3)7-13/h10-11H,4-9,14H2,1-3H3,(H,15,16). The van der Waals surface area contributed by atoms with Gasteiger partial charge in [0, 0.05) is 19.7 Å². The van der Waals surface area contributed by atoms with Crippen LogP contribution in [-0.2, 0) is 9.53 Å². The maximum Gasteiger partial charge on any atom is 0.227 e. The van der Waals surface area contributed by atoms with Gasteiger partial charge in [-0.25, -0.2) is 0 Å². The number of rotatable bonds is 7. The molecule has 100 valence electrons. The second kappa shape index (κ2) is 6.36. The molecule has 0 heterocycles. The summed E-state index contributed by atoms with van der Waals surface area (Å²) in [5.74, 6) is 1.27. The highest BCUT2D eigenvalue weighted by Gasteiger charge is 2.46. The Bertz CT molecular complexity index is 248. The molecule has 4 nitrogen and oxygen atoms in total. The third-order valence-electron chi connectivity index (χ3n) is 3.33. The van der Waals surface area contributed by atoms with Crippen molar-refractivity contribution >= 4 is 5.91 Å². The second-order valence-corrected chi connectivity index (χ2v) is 5.72. The Morgan fingerprint density at radius 2 is 2.18 bits per heavy atom. The van der Waals surface area contributed by atoms with Crippen molar-refractivity contribution in [2.75, 3.05) is 26.3 Å². The molecule has 1 amide bonds. The summed E-state index contributed by atoms with van der Waals surface area (Å²) in [7, 11) is 0. The van der Waals surface area contributed by atoms with Gasteiger partial charge in [0.05, 0.1) is 12.0 Å². The lowest BCUT2D eigenvalue weighted by Crippen LogP contribution is -2.53. The van der Waals surface area contributed by atoms with E-state index in [1.807, 2.05) is 0 Å². The minimum Gasteiger partial charge on any atom is -0.379 e. The maximum atomic E-state index is 12.0. The first-order valence-corrected chi connectivity index (χ1v) is 6.56. The van der Waals surface area contributed by atoms with Crippen molar-refractivity contribution < 1.29 is 9.53 Å². The van der Waals surface area contributed by atoms with Crippen LogP contribution in [-0.4, -0.2) is 32.2 Å². The monoisotopic (exact) mass is 242 g/mol. The summed E-state index contributed by atoms with van der Waals surface area (Å²) in [4.78, 5) is 12.0. The van der Waals surface area contributed by atoms with Crippen molar-refractivity contribution in [3.05, 3.63) is 0 Å². The Morgan fingerprint density at radius 1 is 1.53 bits per heavy atom. The number of carbonyl (C=O) groups is 1. The summed E-state index contributed by atoms with van der Waals surface area (Å²) < 4.78 is 5.42. The van der Waals surface area contributed by atoms with Gasteiger partial charge in [0.15, 0.2) is 0 Å². The van der Waals surface area contributed by atoms with Crippen LogP contribution in [0.4, 0.5) is 0 Å². The molecule has 1 aliphatic rings. The fraction of sp³-hybridized carbons (Fsp3) is 0.923. The smallest absolute Gasteiger partial charge is 0.227 e. The third-order valence-corrected chi connectivity index (χ3v) is 3.33. The third kappa shape index (κ3) is 3.96. The van der Waals surface area contributed by atoms with E-state index < -0.39 is 0 Å². The van der Waals surface area contributed by atoms with Crippen molar-refractivity contribution in [2.24, 2.45) is 23.0 Å². The summed E-state index contributed by atoms with van der Waals surface area (Å²) in [6.45, 7) is 8.75. The van der Waals surface area contributed by atoms with E-state index in [4.69, 9.17) is 10.5 Å². The Morgan fingerprint density at radius 3 is 2.65 bits per heavy atom. The molecule has 17 heavy (non-hydrogen) atoms. The van der Waals surface area contributed by atoms with Crippen molar-refractivity contribution in [1.29, 1.82) is 0 Å². The highest BCUT2D eigenvalue weighted by Crippen LogP contribution is 2.44. The Labute approximate surface area is 104 Å². The molecule has 4 heteroatoms. The summed E-state index contributed by atoms with van der Waals surface area (Å²) in [6, 6.07) is 0. The topological polar surface area (TPSA) is 64.3 Å². The Kier molecular flexibility index (Phi) is 5.40. The van der Waals surface area contributed by atoms with E-state index in [9.17, 15) is 4.79 Å². The molecule has 0 saturated heterocycles. The average Bonchev–Trinajstić information content (AvgIpc) is 2.23. The molecule has 1 rings (SSSR count). The first-order chi connectivity index (χ1) is 8.00. The van der Waals surface area contributed by atoms with E-state index in [1.165, 1.54) is 0 Å². The zero-order valence-corrected chi connectivity index (χ0v) is 11.3. The van der Waals surface area contributed by atoms with Crippen LogP contribution in [0.3, 0.4) is 0 Å². The molecule has 0 aromatic carbocycles. The Hall–Kier alpha value is -0.610. The van der Waals surface area contributed by atoms with Gasteiger partial charge in [0.2, 0.25) is 5.91 Å². The number of carbonyl (C=O) groups excluding carboxylic acids is 1. The van der Waals surface area contributed by atoms with Gasteiger partial charge in [-0.1, -0.05) is 20.8 Å². The fourth-order valence-corrected chi connectivity index (χ4v) is 2.46. The maximum absolute atomic E-state index is 12.0. The number of ether oxygens (including phenoxy) is 1. The predicted octanol–water partition coefficient (Wildman–Crippen LogP) is 1.15. The molecule has 0 bridgehead atoms. The minimum absolute atomic E-state index is 0.103. The first kappa shape index (κ1) is 14.5. The van der Waals surface area contributed by atoms with Crippen LogP contribution in [0.15, 0.2) is 0 Å². The molecule has 0 radical (unpaired) electrons. The highest BCUT2D eigenvalue weighted by molar-refractivity contribution is 5.83. The molecule has 0 atom stereocenters. The van der Waals surface area contributed by atoms with Crippen LogP contribution in [0.5, 0.6) is 0 Å². The second-order valence-electron chi connectivity index (χ2n) is 5.72. The summed E-state index contributed by atoms with van der Waals surface area (Å²) >= 11 is 0. The van der Waals surface area contributed by atoms with Gasteiger partial charge in [-0.2, -0.15) is 0 Å². The van der Waals surface area contributed by atoms with E-state index in [-0.39, 0.29) is 11.3 Å².